The van der Waals surface area contributed by atoms with Gasteiger partial charge in [0.05, 0.1) is 0 Å². The molecular formula is C18H32N2. The van der Waals surface area contributed by atoms with E-state index in [1.165, 1.54) is 24.8 Å². The molecule has 1 rings (SSSR count). The first-order valence-electron chi connectivity index (χ1n) is 8.20. The quantitative estimate of drug-likeness (QED) is 0.700. The van der Waals surface area contributed by atoms with Crippen LogP contribution in [0.1, 0.15) is 45.6 Å². The fraction of sp³-hybridized carbons (Fsp3) is 0.667. The molecule has 0 saturated heterocycles. The SMILES string of the molecule is CCCC(NCC)C(CC)N(C)CCc1ccccc1. The Hall–Kier alpha value is -0.860. The van der Waals surface area contributed by atoms with Crippen LogP contribution in [-0.2, 0) is 6.42 Å². The van der Waals surface area contributed by atoms with E-state index in [2.05, 4.69) is 68.4 Å². The van der Waals surface area contributed by atoms with Gasteiger partial charge in [0.25, 0.3) is 0 Å². The summed E-state index contributed by atoms with van der Waals surface area (Å²) in [4.78, 5) is 2.54. The predicted octanol–water partition coefficient (Wildman–Crippen LogP) is 3.72. The van der Waals surface area contributed by atoms with Crippen molar-refractivity contribution in [2.75, 3.05) is 20.1 Å². The van der Waals surface area contributed by atoms with Crippen LogP contribution in [0.2, 0.25) is 0 Å². The van der Waals surface area contributed by atoms with Crippen LogP contribution in [0.15, 0.2) is 30.3 Å². The van der Waals surface area contributed by atoms with E-state index in [4.69, 9.17) is 0 Å². The Morgan fingerprint density at radius 1 is 1.10 bits per heavy atom. The fourth-order valence-corrected chi connectivity index (χ4v) is 3.02. The summed E-state index contributed by atoms with van der Waals surface area (Å²) in [5, 5.41) is 3.67. The molecule has 2 heteroatoms. The lowest BCUT2D eigenvalue weighted by Crippen LogP contribution is -2.48. The molecule has 20 heavy (non-hydrogen) atoms. The molecule has 1 aromatic carbocycles. The summed E-state index contributed by atoms with van der Waals surface area (Å²) in [5.74, 6) is 0. The molecule has 0 radical (unpaired) electrons. The summed E-state index contributed by atoms with van der Waals surface area (Å²) in [6.45, 7) is 8.99. The summed E-state index contributed by atoms with van der Waals surface area (Å²) >= 11 is 0. The molecule has 0 aliphatic heterocycles. The predicted molar refractivity (Wildman–Crippen MR) is 89.2 cm³/mol. The minimum Gasteiger partial charge on any atom is -0.313 e. The van der Waals surface area contributed by atoms with Crippen LogP contribution in [-0.4, -0.2) is 37.1 Å². The minimum absolute atomic E-state index is 0.621. The van der Waals surface area contributed by atoms with Crippen molar-refractivity contribution in [3.05, 3.63) is 35.9 Å². The highest BCUT2D eigenvalue weighted by atomic mass is 15.2. The molecule has 0 fully saturated rings. The van der Waals surface area contributed by atoms with Crippen molar-refractivity contribution >= 4 is 0 Å². The Morgan fingerprint density at radius 3 is 2.35 bits per heavy atom. The van der Waals surface area contributed by atoms with Gasteiger partial charge in [-0.3, -0.25) is 0 Å². The molecule has 2 atom stereocenters. The number of likely N-dealkylation sites (N-methyl/N-ethyl adjacent to an activating group) is 2. The number of hydrogen-bond donors (Lipinski definition) is 1. The summed E-state index contributed by atoms with van der Waals surface area (Å²) in [5.41, 5.74) is 1.43. The Balaban J connectivity index is 2.54. The van der Waals surface area contributed by atoms with E-state index in [0.717, 1.165) is 19.5 Å². The second kappa shape index (κ2) is 9.95. The van der Waals surface area contributed by atoms with Crippen LogP contribution in [0.5, 0.6) is 0 Å². The molecule has 0 heterocycles. The fourth-order valence-electron chi connectivity index (χ4n) is 3.02. The summed E-state index contributed by atoms with van der Waals surface area (Å²) in [6, 6.07) is 12.1. The van der Waals surface area contributed by atoms with E-state index < -0.39 is 0 Å². The molecule has 0 bridgehead atoms. The zero-order valence-corrected chi connectivity index (χ0v) is 13.7. The standard InChI is InChI=1S/C18H32N2/c1-5-11-17(19-7-3)18(6-2)20(4)15-14-16-12-9-8-10-13-16/h8-10,12-13,17-19H,5-7,11,14-15H2,1-4H3. The Labute approximate surface area is 125 Å². The number of hydrogen-bond acceptors (Lipinski definition) is 2. The first kappa shape index (κ1) is 17.2. The maximum atomic E-state index is 3.67. The van der Waals surface area contributed by atoms with E-state index in [9.17, 15) is 0 Å². The lowest BCUT2D eigenvalue weighted by atomic mass is 9.99. The Morgan fingerprint density at radius 2 is 1.80 bits per heavy atom. The largest absolute Gasteiger partial charge is 0.313 e. The molecule has 0 spiro atoms. The highest BCUT2D eigenvalue weighted by Crippen LogP contribution is 2.13. The molecule has 0 aliphatic rings. The summed E-state index contributed by atoms with van der Waals surface area (Å²) in [7, 11) is 2.27. The van der Waals surface area contributed by atoms with E-state index >= 15 is 0 Å². The van der Waals surface area contributed by atoms with Crippen molar-refractivity contribution in [1.29, 1.82) is 0 Å². The molecule has 0 saturated carbocycles. The number of benzene rings is 1. The summed E-state index contributed by atoms with van der Waals surface area (Å²) in [6.07, 6.45) is 4.87. The van der Waals surface area contributed by atoms with Crippen LogP contribution in [0, 0.1) is 0 Å². The second-order valence-corrected chi connectivity index (χ2v) is 5.64. The Kier molecular flexibility index (Phi) is 8.56. The van der Waals surface area contributed by atoms with Gasteiger partial charge in [0.1, 0.15) is 0 Å². The van der Waals surface area contributed by atoms with Gasteiger partial charge >= 0.3 is 0 Å². The third kappa shape index (κ3) is 5.64. The van der Waals surface area contributed by atoms with Crippen LogP contribution in [0.4, 0.5) is 0 Å². The number of nitrogens with zero attached hydrogens (tertiary/aromatic N) is 1. The van der Waals surface area contributed by atoms with Crippen LogP contribution in [0.3, 0.4) is 0 Å². The zero-order chi connectivity index (χ0) is 14.8. The summed E-state index contributed by atoms with van der Waals surface area (Å²) < 4.78 is 0. The zero-order valence-electron chi connectivity index (χ0n) is 13.7. The average Bonchev–Trinajstić information content (AvgIpc) is 2.47. The first-order valence-corrected chi connectivity index (χ1v) is 8.20. The van der Waals surface area contributed by atoms with Gasteiger partial charge in [-0.2, -0.15) is 0 Å². The van der Waals surface area contributed by atoms with Gasteiger partial charge in [0.15, 0.2) is 0 Å². The molecule has 0 aromatic heterocycles. The molecule has 2 unspecified atom stereocenters. The molecule has 1 aromatic rings. The lowest BCUT2D eigenvalue weighted by Gasteiger charge is -2.34. The van der Waals surface area contributed by atoms with Crippen molar-refractivity contribution < 1.29 is 0 Å². The van der Waals surface area contributed by atoms with Crippen LogP contribution < -0.4 is 5.32 Å². The van der Waals surface area contributed by atoms with Crippen molar-refractivity contribution in [3.63, 3.8) is 0 Å². The highest BCUT2D eigenvalue weighted by molar-refractivity contribution is 5.14. The molecule has 0 aliphatic carbocycles. The van der Waals surface area contributed by atoms with Gasteiger partial charge in [-0.25, -0.2) is 0 Å². The van der Waals surface area contributed by atoms with Gasteiger partial charge < -0.3 is 10.2 Å². The van der Waals surface area contributed by atoms with Crippen LogP contribution in [0.25, 0.3) is 0 Å². The average molecular weight is 276 g/mol. The van der Waals surface area contributed by atoms with Crippen molar-refractivity contribution in [3.8, 4) is 0 Å². The number of nitrogens with one attached hydrogen (secondary N) is 1. The maximum absolute atomic E-state index is 3.67. The topological polar surface area (TPSA) is 15.3 Å². The monoisotopic (exact) mass is 276 g/mol. The van der Waals surface area contributed by atoms with Gasteiger partial charge in [-0.15, -0.1) is 0 Å². The lowest BCUT2D eigenvalue weighted by molar-refractivity contribution is 0.182. The van der Waals surface area contributed by atoms with E-state index in [1.807, 2.05) is 0 Å². The second-order valence-electron chi connectivity index (χ2n) is 5.64. The van der Waals surface area contributed by atoms with Gasteiger partial charge in [-0.1, -0.05) is 57.5 Å². The van der Waals surface area contributed by atoms with E-state index in [0.29, 0.717) is 12.1 Å². The van der Waals surface area contributed by atoms with Crippen molar-refractivity contribution in [2.45, 2.75) is 58.5 Å². The third-order valence-electron chi connectivity index (χ3n) is 4.11. The Bertz CT molecular complexity index is 331. The highest BCUT2D eigenvalue weighted by Gasteiger charge is 2.22. The first-order chi connectivity index (χ1) is 9.72. The molecule has 1 N–H and O–H groups in total. The maximum Gasteiger partial charge on any atom is 0.0243 e. The van der Waals surface area contributed by atoms with Crippen molar-refractivity contribution in [2.24, 2.45) is 0 Å². The molecule has 0 amide bonds. The number of rotatable bonds is 10. The smallest absolute Gasteiger partial charge is 0.0243 e. The van der Waals surface area contributed by atoms with Gasteiger partial charge in [-0.05, 0) is 38.4 Å². The van der Waals surface area contributed by atoms with Crippen LogP contribution >= 0.6 is 0 Å². The van der Waals surface area contributed by atoms with Gasteiger partial charge in [0.2, 0.25) is 0 Å². The normalized spacial score (nSPS) is 14.4. The third-order valence-corrected chi connectivity index (χ3v) is 4.11. The van der Waals surface area contributed by atoms with E-state index in [-0.39, 0.29) is 0 Å². The molecular weight excluding hydrogens is 244 g/mol. The van der Waals surface area contributed by atoms with E-state index in [1.54, 1.807) is 0 Å². The molecule has 114 valence electrons. The van der Waals surface area contributed by atoms with Gasteiger partial charge in [0, 0.05) is 18.6 Å². The van der Waals surface area contributed by atoms with Crippen molar-refractivity contribution in [1.82, 2.24) is 10.2 Å². The minimum atomic E-state index is 0.621. The molecule has 2 nitrogen and oxygen atoms in total.